The molecule has 0 radical (unpaired) electrons. The first kappa shape index (κ1) is 32.3. The van der Waals surface area contributed by atoms with Crippen LogP contribution in [0.5, 0.6) is 11.5 Å². The Balaban J connectivity index is 1.39. The summed E-state index contributed by atoms with van der Waals surface area (Å²) in [4.78, 5) is 30.9. The van der Waals surface area contributed by atoms with Crippen molar-refractivity contribution in [2.45, 2.75) is 52.1 Å². The molecular weight excluding hydrogens is 542 g/mol. The zero-order valence-electron chi connectivity index (χ0n) is 25.9. The molecule has 1 aromatic rings. The molecule has 1 saturated carbocycles. The number of benzene rings is 1. The van der Waals surface area contributed by atoms with E-state index in [1.807, 2.05) is 30.6 Å². The molecule has 1 aliphatic carbocycles. The van der Waals surface area contributed by atoms with Crippen molar-refractivity contribution in [3.05, 3.63) is 23.8 Å². The number of rotatable bonds is 15. The highest BCUT2D eigenvalue weighted by Crippen LogP contribution is 2.33. The molecule has 11 nitrogen and oxygen atoms in total. The van der Waals surface area contributed by atoms with Crippen LogP contribution in [0.3, 0.4) is 0 Å². The van der Waals surface area contributed by atoms with Gasteiger partial charge in [0.2, 0.25) is 0 Å². The SMILES string of the molecule is COCCCOc1cc(C(=O)N(C[C@@H]2CNC[C@H]2CN(C(=O)OCC2(C)COCOC2)C2CC2)C(C)C)ccc1OC. The molecule has 4 rings (SSSR count). The van der Waals surface area contributed by atoms with Crippen LogP contribution in [0.2, 0.25) is 0 Å². The molecule has 0 bridgehead atoms. The van der Waals surface area contributed by atoms with Crippen molar-refractivity contribution in [3.63, 3.8) is 0 Å². The lowest BCUT2D eigenvalue weighted by atomic mass is 9.93. The van der Waals surface area contributed by atoms with Gasteiger partial charge in [-0.2, -0.15) is 0 Å². The fourth-order valence-electron chi connectivity index (χ4n) is 5.56. The van der Waals surface area contributed by atoms with Gasteiger partial charge in [-0.1, -0.05) is 6.92 Å². The highest BCUT2D eigenvalue weighted by molar-refractivity contribution is 5.95. The molecule has 236 valence electrons. The van der Waals surface area contributed by atoms with E-state index in [1.165, 1.54) is 0 Å². The van der Waals surface area contributed by atoms with Crippen LogP contribution in [0, 0.1) is 17.3 Å². The van der Waals surface area contributed by atoms with Crippen molar-refractivity contribution < 1.29 is 38.0 Å². The third kappa shape index (κ3) is 8.72. The third-order valence-electron chi connectivity index (χ3n) is 8.22. The molecular formula is C31H49N3O8. The fourth-order valence-corrected chi connectivity index (χ4v) is 5.56. The zero-order chi connectivity index (χ0) is 30.1. The van der Waals surface area contributed by atoms with Gasteiger partial charge in [-0.15, -0.1) is 0 Å². The first-order valence-electron chi connectivity index (χ1n) is 15.1. The summed E-state index contributed by atoms with van der Waals surface area (Å²) < 4.78 is 33.1. The molecule has 0 spiro atoms. The van der Waals surface area contributed by atoms with Gasteiger partial charge in [0.15, 0.2) is 11.5 Å². The van der Waals surface area contributed by atoms with E-state index in [2.05, 4.69) is 5.32 Å². The molecule has 3 aliphatic rings. The van der Waals surface area contributed by atoms with Crippen LogP contribution >= 0.6 is 0 Å². The minimum Gasteiger partial charge on any atom is -0.493 e. The highest BCUT2D eigenvalue weighted by atomic mass is 16.7. The monoisotopic (exact) mass is 591 g/mol. The second-order valence-corrected chi connectivity index (χ2v) is 12.4. The first-order chi connectivity index (χ1) is 20.2. The van der Waals surface area contributed by atoms with E-state index in [0.717, 1.165) is 32.4 Å². The van der Waals surface area contributed by atoms with Gasteiger partial charge in [-0.05, 0) is 56.7 Å². The van der Waals surface area contributed by atoms with Gasteiger partial charge in [0.1, 0.15) is 13.4 Å². The Morgan fingerprint density at radius 1 is 1.05 bits per heavy atom. The van der Waals surface area contributed by atoms with Gasteiger partial charge < -0.3 is 43.5 Å². The molecule has 3 fully saturated rings. The lowest BCUT2D eigenvalue weighted by Gasteiger charge is -2.35. The van der Waals surface area contributed by atoms with Crippen LogP contribution < -0.4 is 14.8 Å². The first-order valence-corrected chi connectivity index (χ1v) is 15.1. The van der Waals surface area contributed by atoms with Crippen LogP contribution in [0.15, 0.2) is 18.2 Å². The van der Waals surface area contributed by atoms with Gasteiger partial charge >= 0.3 is 6.09 Å². The molecule has 1 aromatic carbocycles. The van der Waals surface area contributed by atoms with Gasteiger partial charge in [-0.25, -0.2) is 4.79 Å². The fraction of sp³-hybridized carbons (Fsp3) is 0.742. The summed E-state index contributed by atoms with van der Waals surface area (Å²) in [5.74, 6) is 1.49. The van der Waals surface area contributed by atoms with Crippen molar-refractivity contribution in [1.29, 1.82) is 0 Å². The molecule has 11 heteroatoms. The number of hydrogen-bond donors (Lipinski definition) is 1. The van der Waals surface area contributed by atoms with E-state index in [1.54, 1.807) is 32.4 Å². The summed E-state index contributed by atoms with van der Waals surface area (Å²) in [7, 11) is 3.25. The number of carbonyl (C=O) groups excluding carboxylic acids is 2. The molecule has 2 saturated heterocycles. The van der Waals surface area contributed by atoms with Crippen LogP contribution in [-0.4, -0.2) is 114 Å². The number of methoxy groups -OCH3 is 2. The summed E-state index contributed by atoms with van der Waals surface area (Å²) >= 11 is 0. The average Bonchev–Trinajstić information content (AvgIpc) is 3.74. The van der Waals surface area contributed by atoms with E-state index in [4.69, 9.17) is 28.4 Å². The van der Waals surface area contributed by atoms with E-state index in [9.17, 15) is 9.59 Å². The Bertz CT molecular complexity index is 1030. The summed E-state index contributed by atoms with van der Waals surface area (Å²) in [6.07, 6.45) is 2.45. The molecule has 2 aliphatic heterocycles. The molecule has 2 heterocycles. The van der Waals surface area contributed by atoms with E-state index in [0.29, 0.717) is 56.6 Å². The second kappa shape index (κ2) is 15.2. The maximum Gasteiger partial charge on any atom is 0.410 e. The number of nitrogens with zero attached hydrogens (tertiary/aromatic N) is 2. The second-order valence-electron chi connectivity index (χ2n) is 12.4. The van der Waals surface area contributed by atoms with E-state index in [-0.39, 0.29) is 54.7 Å². The normalized spacial score (nSPS) is 21.7. The highest BCUT2D eigenvalue weighted by Gasteiger charge is 2.40. The number of ether oxygens (including phenoxy) is 6. The largest absolute Gasteiger partial charge is 0.493 e. The van der Waals surface area contributed by atoms with Gasteiger partial charge in [-0.3, -0.25) is 4.79 Å². The predicted molar refractivity (Wildman–Crippen MR) is 157 cm³/mol. The third-order valence-corrected chi connectivity index (χ3v) is 8.22. The van der Waals surface area contributed by atoms with E-state index < -0.39 is 0 Å². The minimum atomic E-state index is -0.338. The Morgan fingerprint density at radius 2 is 1.76 bits per heavy atom. The minimum absolute atomic E-state index is 0.00269. The summed E-state index contributed by atoms with van der Waals surface area (Å²) in [5, 5.41) is 3.50. The molecule has 2 amide bonds. The van der Waals surface area contributed by atoms with E-state index >= 15 is 0 Å². The number of amides is 2. The molecule has 2 atom stereocenters. The van der Waals surface area contributed by atoms with Crippen LogP contribution in [0.25, 0.3) is 0 Å². The Hall–Kier alpha value is -2.60. The van der Waals surface area contributed by atoms with Gasteiger partial charge in [0, 0.05) is 69.4 Å². The topological polar surface area (TPSA) is 108 Å². The van der Waals surface area contributed by atoms with Crippen molar-refractivity contribution in [2.75, 3.05) is 80.2 Å². The predicted octanol–water partition coefficient (Wildman–Crippen LogP) is 3.41. The smallest absolute Gasteiger partial charge is 0.410 e. The quantitative estimate of drug-likeness (QED) is 0.307. The lowest BCUT2D eigenvalue weighted by Crippen LogP contribution is -2.46. The zero-order valence-corrected chi connectivity index (χ0v) is 25.9. The molecule has 42 heavy (non-hydrogen) atoms. The van der Waals surface area contributed by atoms with Gasteiger partial charge in [0.05, 0.1) is 26.9 Å². The molecule has 1 N–H and O–H groups in total. The Labute approximate surface area is 250 Å². The number of carbonyl (C=O) groups is 2. The van der Waals surface area contributed by atoms with Crippen LogP contribution in [-0.2, 0) is 18.9 Å². The standard InChI is InChI=1S/C31H49N3O8/c1-22(2)33(29(35)23-7-10-27(38-5)28(13-23)41-12-6-11-37-4)16-24-14-32-15-25(24)17-34(26-8-9-26)30(36)42-20-31(3)18-39-21-40-19-31/h7,10,13,22,24-26,32H,6,8-9,11-12,14-21H2,1-5H3/t24-,25-/m0/s1. The van der Waals surface area contributed by atoms with Crippen molar-refractivity contribution >= 4 is 12.0 Å². The Kier molecular flexibility index (Phi) is 11.7. The molecule has 0 unspecified atom stereocenters. The van der Waals surface area contributed by atoms with Gasteiger partial charge in [0.25, 0.3) is 5.91 Å². The summed E-state index contributed by atoms with van der Waals surface area (Å²) in [5.41, 5.74) is 0.218. The van der Waals surface area contributed by atoms with Crippen molar-refractivity contribution in [2.24, 2.45) is 17.3 Å². The maximum atomic E-state index is 13.8. The Morgan fingerprint density at radius 3 is 2.40 bits per heavy atom. The molecule has 0 aromatic heterocycles. The summed E-state index contributed by atoms with van der Waals surface area (Å²) in [6, 6.07) is 5.55. The van der Waals surface area contributed by atoms with Crippen LogP contribution in [0.1, 0.15) is 50.4 Å². The maximum absolute atomic E-state index is 13.8. The van der Waals surface area contributed by atoms with Crippen molar-refractivity contribution in [1.82, 2.24) is 15.1 Å². The lowest BCUT2D eigenvalue weighted by molar-refractivity contribution is -0.170. The number of hydrogen-bond acceptors (Lipinski definition) is 9. The number of nitrogens with one attached hydrogen (secondary N) is 1. The van der Waals surface area contributed by atoms with Crippen molar-refractivity contribution in [3.8, 4) is 11.5 Å². The average molecular weight is 592 g/mol. The summed E-state index contributed by atoms with van der Waals surface area (Å²) in [6.45, 7) is 11.5. The van der Waals surface area contributed by atoms with Crippen LogP contribution in [0.4, 0.5) is 4.79 Å².